The lowest BCUT2D eigenvalue weighted by Gasteiger charge is -2.13. The highest BCUT2D eigenvalue weighted by Crippen LogP contribution is 2.31. The van der Waals surface area contributed by atoms with Crippen molar-refractivity contribution in [3.63, 3.8) is 0 Å². The van der Waals surface area contributed by atoms with Gasteiger partial charge in [-0.1, -0.05) is 12.5 Å². The largest absolute Gasteiger partial charge is 0.326 e. The van der Waals surface area contributed by atoms with Crippen molar-refractivity contribution >= 4 is 34.8 Å². The van der Waals surface area contributed by atoms with E-state index in [4.69, 9.17) is 0 Å². The Morgan fingerprint density at radius 1 is 1.00 bits per heavy atom. The molecule has 3 rings (SSSR count). The van der Waals surface area contributed by atoms with E-state index in [1.807, 2.05) is 0 Å². The number of carbonyl (C=O) groups is 3. The number of fused-ring (bicyclic) bond motifs is 1. The van der Waals surface area contributed by atoms with Crippen LogP contribution in [0.4, 0.5) is 17.1 Å². The molecule has 1 aliphatic heterocycles. The first-order valence-corrected chi connectivity index (χ1v) is 9.89. The molecule has 0 aliphatic carbocycles. The molecule has 1 N–H and O–H groups in total. The summed E-state index contributed by atoms with van der Waals surface area (Å²) in [5.74, 6) is -1.48. The number of hydrogen-bond donors (Lipinski definition) is 1. The SMILES string of the molecule is Cc1cc([N+](=O)[O-])ccc1NC(=O)CCCCCN1C(=O)c2cccc([N+](=O)[O-])c2C1=O. The number of carbonyl (C=O) groups excluding carboxylic acids is 3. The van der Waals surface area contributed by atoms with Crippen molar-refractivity contribution in [2.24, 2.45) is 0 Å². The summed E-state index contributed by atoms with van der Waals surface area (Å²) >= 11 is 0. The predicted molar refractivity (Wildman–Crippen MR) is 113 cm³/mol. The van der Waals surface area contributed by atoms with Crippen LogP contribution in [0.5, 0.6) is 0 Å². The normalized spacial score (nSPS) is 12.6. The van der Waals surface area contributed by atoms with Gasteiger partial charge < -0.3 is 5.32 Å². The van der Waals surface area contributed by atoms with Gasteiger partial charge in [0.15, 0.2) is 0 Å². The minimum absolute atomic E-state index is 0.0297. The van der Waals surface area contributed by atoms with Crippen LogP contribution < -0.4 is 5.32 Å². The Bertz CT molecular complexity index is 1130. The van der Waals surface area contributed by atoms with Crippen molar-refractivity contribution < 1.29 is 24.2 Å². The minimum atomic E-state index is -0.682. The van der Waals surface area contributed by atoms with Crippen LogP contribution in [0.25, 0.3) is 0 Å². The van der Waals surface area contributed by atoms with Gasteiger partial charge in [0.2, 0.25) is 5.91 Å². The fourth-order valence-electron chi connectivity index (χ4n) is 3.52. The number of unbranched alkanes of at least 4 members (excludes halogenated alkanes) is 2. The molecule has 0 unspecified atom stereocenters. The van der Waals surface area contributed by atoms with Gasteiger partial charge in [-0.2, -0.15) is 0 Å². The van der Waals surface area contributed by atoms with E-state index in [1.54, 1.807) is 6.92 Å². The van der Waals surface area contributed by atoms with Crippen LogP contribution in [0.2, 0.25) is 0 Å². The predicted octanol–water partition coefficient (Wildman–Crippen LogP) is 3.61. The van der Waals surface area contributed by atoms with Gasteiger partial charge in [-0.25, -0.2) is 0 Å². The Balaban J connectivity index is 1.47. The first kappa shape index (κ1) is 22.5. The van der Waals surface area contributed by atoms with Crippen molar-refractivity contribution in [2.75, 3.05) is 11.9 Å². The Kier molecular flexibility index (Phi) is 6.57. The topological polar surface area (TPSA) is 153 Å². The van der Waals surface area contributed by atoms with E-state index in [1.165, 1.54) is 36.4 Å². The quantitative estimate of drug-likeness (QED) is 0.270. The molecule has 0 fully saturated rings. The maximum atomic E-state index is 12.5. The Morgan fingerprint density at radius 2 is 1.75 bits per heavy atom. The molecule has 0 atom stereocenters. The van der Waals surface area contributed by atoms with E-state index < -0.39 is 21.7 Å². The van der Waals surface area contributed by atoms with Crippen LogP contribution in [-0.2, 0) is 4.79 Å². The third-order valence-corrected chi connectivity index (χ3v) is 5.15. The summed E-state index contributed by atoms with van der Waals surface area (Å²) in [6.45, 7) is 1.77. The van der Waals surface area contributed by atoms with Gasteiger partial charge in [0, 0.05) is 36.9 Å². The molecule has 11 heteroatoms. The first-order valence-electron chi connectivity index (χ1n) is 9.89. The molecule has 1 aliphatic rings. The van der Waals surface area contributed by atoms with E-state index in [0.717, 1.165) is 4.90 Å². The minimum Gasteiger partial charge on any atom is -0.326 e. The lowest BCUT2D eigenvalue weighted by molar-refractivity contribution is -0.385. The number of hydrogen-bond acceptors (Lipinski definition) is 7. The molecule has 2 aromatic carbocycles. The zero-order valence-corrected chi connectivity index (χ0v) is 17.2. The van der Waals surface area contributed by atoms with Crippen LogP contribution >= 0.6 is 0 Å². The molecular formula is C21H20N4O7. The van der Waals surface area contributed by atoms with Gasteiger partial charge in [0.1, 0.15) is 5.56 Å². The summed E-state index contributed by atoms with van der Waals surface area (Å²) in [5.41, 5.74) is 0.475. The Hall–Kier alpha value is -4.15. The maximum Gasteiger partial charge on any atom is 0.282 e. The second kappa shape index (κ2) is 9.33. The summed E-state index contributed by atoms with van der Waals surface area (Å²) in [7, 11) is 0. The summed E-state index contributed by atoms with van der Waals surface area (Å²) in [5, 5.41) is 24.6. The van der Waals surface area contributed by atoms with Crippen LogP contribution in [-0.4, -0.2) is 39.0 Å². The highest BCUT2D eigenvalue weighted by Gasteiger charge is 2.40. The van der Waals surface area contributed by atoms with Gasteiger partial charge in [-0.05, 0) is 37.5 Å². The zero-order valence-electron chi connectivity index (χ0n) is 17.2. The number of nitro benzene ring substituents is 2. The van der Waals surface area contributed by atoms with E-state index in [2.05, 4.69) is 5.32 Å². The third-order valence-electron chi connectivity index (χ3n) is 5.15. The van der Waals surface area contributed by atoms with Crippen molar-refractivity contribution in [3.8, 4) is 0 Å². The van der Waals surface area contributed by atoms with E-state index in [9.17, 15) is 34.6 Å². The molecule has 0 bridgehead atoms. The van der Waals surface area contributed by atoms with Crippen molar-refractivity contribution in [2.45, 2.75) is 32.6 Å². The number of nitrogens with zero attached hydrogens (tertiary/aromatic N) is 3. The lowest BCUT2D eigenvalue weighted by atomic mass is 10.1. The highest BCUT2D eigenvalue weighted by atomic mass is 16.6. The smallest absolute Gasteiger partial charge is 0.282 e. The van der Waals surface area contributed by atoms with Gasteiger partial charge >= 0.3 is 0 Å². The molecule has 1 heterocycles. The molecule has 0 saturated heterocycles. The average Bonchev–Trinajstić information content (AvgIpc) is 2.99. The summed E-state index contributed by atoms with van der Waals surface area (Å²) < 4.78 is 0. The van der Waals surface area contributed by atoms with Gasteiger partial charge in [-0.15, -0.1) is 0 Å². The number of rotatable bonds is 9. The summed E-state index contributed by atoms with van der Waals surface area (Å²) in [6, 6.07) is 8.13. The van der Waals surface area contributed by atoms with Crippen molar-refractivity contribution in [3.05, 3.63) is 73.3 Å². The van der Waals surface area contributed by atoms with Gasteiger partial charge in [-0.3, -0.25) is 39.5 Å². The number of benzene rings is 2. The van der Waals surface area contributed by atoms with Crippen molar-refractivity contribution in [1.29, 1.82) is 0 Å². The molecule has 0 aromatic heterocycles. The monoisotopic (exact) mass is 440 g/mol. The molecule has 32 heavy (non-hydrogen) atoms. The van der Waals surface area contributed by atoms with Crippen molar-refractivity contribution in [1.82, 2.24) is 4.90 Å². The van der Waals surface area contributed by atoms with E-state index in [-0.39, 0.29) is 41.4 Å². The molecule has 0 radical (unpaired) electrons. The molecule has 0 spiro atoms. The zero-order chi connectivity index (χ0) is 23.4. The maximum absolute atomic E-state index is 12.5. The fraction of sp³-hybridized carbons (Fsp3) is 0.286. The second-order valence-electron chi connectivity index (χ2n) is 7.33. The number of non-ortho nitro benzene ring substituents is 1. The molecule has 2 aromatic rings. The number of nitro groups is 2. The Morgan fingerprint density at radius 3 is 2.41 bits per heavy atom. The Labute approximate surface area is 182 Å². The van der Waals surface area contributed by atoms with Gasteiger partial charge in [0.05, 0.1) is 15.4 Å². The van der Waals surface area contributed by atoms with Crippen LogP contribution in [0, 0.1) is 27.2 Å². The standard InChI is InChI=1S/C21H20N4O7/c1-13-12-14(24(29)30)9-10-16(13)22-18(26)8-3-2-4-11-23-20(27)15-6-5-7-17(25(31)32)19(15)21(23)28/h5-7,9-10,12H,2-4,8,11H2,1H3,(H,22,26). The number of anilines is 1. The highest BCUT2D eigenvalue weighted by molar-refractivity contribution is 6.23. The van der Waals surface area contributed by atoms with E-state index in [0.29, 0.717) is 30.5 Å². The second-order valence-corrected chi connectivity index (χ2v) is 7.33. The number of amides is 3. The number of aryl methyl sites for hydroxylation is 1. The summed E-state index contributed by atoms with van der Waals surface area (Å²) in [4.78, 5) is 58.8. The molecule has 166 valence electrons. The molecule has 11 nitrogen and oxygen atoms in total. The number of nitrogens with one attached hydrogen (secondary N) is 1. The molecule has 3 amide bonds. The summed E-state index contributed by atoms with van der Waals surface area (Å²) in [6.07, 6.45) is 1.70. The fourth-order valence-corrected chi connectivity index (χ4v) is 3.52. The van der Waals surface area contributed by atoms with Crippen LogP contribution in [0.1, 0.15) is 52.0 Å². The molecular weight excluding hydrogens is 420 g/mol. The first-order chi connectivity index (χ1) is 15.2. The van der Waals surface area contributed by atoms with Crippen LogP contribution in [0.3, 0.4) is 0 Å². The number of imide groups is 1. The third kappa shape index (κ3) is 4.61. The lowest BCUT2D eigenvalue weighted by Crippen LogP contribution is -2.30. The van der Waals surface area contributed by atoms with Crippen LogP contribution in [0.15, 0.2) is 36.4 Å². The average molecular weight is 440 g/mol. The van der Waals surface area contributed by atoms with E-state index >= 15 is 0 Å². The van der Waals surface area contributed by atoms with Gasteiger partial charge in [0.25, 0.3) is 23.2 Å². The molecule has 0 saturated carbocycles.